The summed E-state index contributed by atoms with van der Waals surface area (Å²) >= 11 is 0. The first-order valence-electron chi connectivity index (χ1n) is 13.1. The normalized spacial score (nSPS) is 15.9. The van der Waals surface area contributed by atoms with Crippen molar-refractivity contribution in [3.63, 3.8) is 0 Å². The van der Waals surface area contributed by atoms with Crippen molar-refractivity contribution < 1.29 is 33.3 Å². The quantitative estimate of drug-likeness (QED) is 0.255. The van der Waals surface area contributed by atoms with Crippen molar-refractivity contribution in [2.24, 2.45) is 0 Å². The van der Waals surface area contributed by atoms with E-state index >= 15 is 4.39 Å². The Hall–Kier alpha value is -4.71. The molecule has 0 radical (unpaired) electrons. The molecule has 0 amide bonds. The van der Waals surface area contributed by atoms with Crippen molar-refractivity contribution in [1.29, 1.82) is 0 Å². The lowest BCUT2D eigenvalue weighted by molar-refractivity contribution is 0.0694. The summed E-state index contributed by atoms with van der Waals surface area (Å²) in [5, 5.41) is 19.6. The molecular weight excluding hydrogens is 537 g/mol. The SMILES string of the molecule is COc1c(N2CCN(CC(=O)c3cc4ccc(O)cc4oc3=O)CC2)c(F)cc2c(=O)c(C(=O)O)cn(C3CC3)c12. The maximum absolute atomic E-state index is 15.6. The fraction of sp³-hybridized carbons (Fsp3) is 0.310. The zero-order valence-electron chi connectivity index (χ0n) is 22.1. The molecule has 11 nitrogen and oxygen atoms in total. The minimum absolute atomic E-state index is 0.00953. The molecule has 3 heterocycles. The van der Waals surface area contributed by atoms with Gasteiger partial charge >= 0.3 is 11.6 Å². The van der Waals surface area contributed by atoms with Gasteiger partial charge in [-0.25, -0.2) is 14.0 Å². The Labute approximate surface area is 231 Å². The van der Waals surface area contributed by atoms with E-state index in [2.05, 4.69) is 0 Å². The van der Waals surface area contributed by atoms with Crippen LogP contribution in [0.1, 0.15) is 39.6 Å². The summed E-state index contributed by atoms with van der Waals surface area (Å²) in [7, 11) is 1.38. The van der Waals surface area contributed by atoms with E-state index in [-0.39, 0.29) is 46.3 Å². The average molecular weight is 564 g/mol. The number of benzene rings is 2. The number of Topliss-reactive ketones (excluding diaryl/α,β-unsaturated/α-hetero) is 1. The number of hydrogen-bond acceptors (Lipinski definition) is 9. The third-order valence-electron chi connectivity index (χ3n) is 7.65. The Morgan fingerprint density at radius 2 is 1.80 bits per heavy atom. The molecule has 2 aromatic heterocycles. The molecule has 41 heavy (non-hydrogen) atoms. The molecule has 12 heteroatoms. The first kappa shape index (κ1) is 26.5. The summed E-state index contributed by atoms with van der Waals surface area (Å²) < 4.78 is 28.2. The molecular formula is C29H26FN3O8. The van der Waals surface area contributed by atoms with Crippen LogP contribution in [0, 0.1) is 5.82 Å². The molecule has 0 bridgehead atoms. The third-order valence-corrected chi connectivity index (χ3v) is 7.65. The van der Waals surface area contributed by atoms with Gasteiger partial charge in [0.2, 0.25) is 5.43 Å². The highest BCUT2D eigenvalue weighted by molar-refractivity contribution is 6.00. The second kappa shape index (κ2) is 10.0. The molecule has 1 aliphatic carbocycles. The highest BCUT2D eigenvalue weighted by Crippen LogP contribution is 2.43. The van der Waals surface area contributed by atoms with E-state index in [4.69, 9.17) is 9.15 Å². The molecule has 0 unspecified atom stereocenters. The first-order chi connectivity index (χ1) is 19.7. The Balaban J connectivity index is 1.26. The summed E-state index contributed by atoms with van der Waals surface area (Å²) in [6.45, 7) is 1.38. The Morgan fingerprint density at radius 1 is 1.07 bits per heavy atom. The van der Waals surface area contributed by atoms with Crippen LogP contribution in [0.2, 0.25) is 0 Å². The van der Waals surface area contributed by atoms with Gasteiger partial charge in [-0.1, -0.05) is 0 Å². The van der Waals surface area contributed by atoms with E-state index in [1.807, 2.05) is 4.90 Å². The number of fused-ring (bicyclic) bond motifs is 2. The molecule has 6 rings (SSSR count). The summed E-state index contributed by atoms with van der Waals surface area (Å²) in [6.07, 6.45) is 2.92. The Kier molecular flexibility index (Phi) is 6.49. The van der Waals surface area contributed by atoms with Crippen LogP contribution in [0.3, 0.4) is 0 Å². The van der Waals surface area contributed by atoms with Crippen molar-refractivity contribution in [2.75, 3.05) is 44.7 Å². The molecule has 1 saturated carbocycles. The number of carbonyl (C=O) groups excluding carboxylic acids is 1. The number of aromatic hydroxyl groups is 1. The molecule has 2 N–H and O–H groups in total. The lowest BCUT2D eigenvalue weighted by Crippen LogP contribution is -2.48. The largest absolute Gasteiger partial charge is 0.508 e. The number of hydrogen-bond donors (Lipinski definition) is 2. The zero-order valence-corrected chi connectivity index (χ0v) is 22.1. The van der Waals surface area contributed by atoms with Gasteiger partial charge in [-0.2, -0.15) is 0 Å². The third kappa shape index (κ3) is 4.69. The number of aromatic nitrogens is 1. The highest BCUT2D eigenvalue weighted by atomic mass is 19.1. The molecule has 4 aromatic rings. The molecule has 2 aliphatic rings. The molecule has 1 aliphatic heterocycles. The minimum Gasteiger partial charge on any atom is -0.508 e. The topological polar surface area (TPSA) is 143 Å². The predicted molar refractivity (Wildman–Crippen MR) is 147 cm³/mol. The predicted octanol–water partition coefficient (Wildman–Crippen LogP) is 3.00. The summed E-state index contributed by atoms with van der Waals surface area (Å²) in [6, 6.07) is 6.81. The van der Waals surface area contributed by atoms with Gasteiger partial charge < -0.3 is 28.8 Å². The Morgan fingerprint density at radius 3 is 2.46 bits per heavy atom. The summed E-state index contributed by atoms with van der Waals surface area (Å²) in [5.74, 6) is -2.40. The van der Waals surface area contributed by atoms with E-state index in [0.29, 0.717) is 37.1 Å². The zero-order chi connectivity index (χ0) is 29.0. The van der Waals surface area contributed by atoms with E-state index in [0.717, 1.165) is 18.9 Å². The van der Waals surface area contributed by atoms with Gasteiger partial charge in [-0.15, -0.1) is 0 Å². The van der Waals surface area contributed by atoms with Crippen LogP contribution >= 0.6 is 0 Å². The number of aromatic carboxylic acids is 1. The van der Waals surface area contributed by atoms with Crippen LogP contribution in [0.25, 0.3) is 21.9 Å². The number of nitrogens with zero attached hydrogens (tertiary/aromatic N) is 3. The maximum Gasteiger partial charge on any atom is 0.347 e. The Bertz CT molecular complexity index is 1850. The van der Waals surface area contributed by atoms with E-state index in [1.165, 1.54) is 31.5 Å². The van der Waals surface area contributed by atoms with Crippen LogP contribution in [-0.4, -0.2) is 71.3 Å². The van der Waals surface area contributed by atoms with Crippen molar-refractivity contribution in [3.8, 4) is 11.5 Å². The number of phenols is 1. The van der Waals surface area contributed by atoms with Gasteiger partial charge in [-0.05, 0) is 37.1 Å². The molecule has 2 fully saturated rings. The molecule has 1 saturated heterocycles. The van der Waals surface area contributed by atoms with E-state index < -0.39 is 34.2 Å². The van der Waals surface area contributed by atoms with Crippen molar-refractivity contribution in [2.45, 2.75) is 18.9 Å². The maximum atomic E-state index is 15.6. The lowest BCUT2D eigenvalue weighted by atomic mass is 10.1. The number of methoxy groups -OCH3 is 1. The average Bonchev–Trinajstić information content (AvgIpc) is 3.78. The number of ketones is 1. The van der Waals surface area contributed by atoms with Gasteiger partial charge in [0.25, 0.3) is 0 Å². The van der Waals surface area contributed by atoms with Crippen LogP contribution in [-0.2, 0) is 0 Å². The van der Waals surface area contributed by atoms with E-state index in [1.54, 1.807) is 15.5 Å². The molecule has 0 spiro atoms. The summed E-state index contributed by atoms with van der Waals surface area (Å²) in [4.78, 5) is 53.7. The number of carboxylic acid groups (broad SMARTS) is 1. The second-order valence-corrected chi connectivity index (χ2v) is 10.3. The van der Waals surface area contributed by atoms with Crippen LogP contribution < -0.4 is 20.7 Å². The number of piperazine rings is 1. The second-order valence-electron chi connectivity index (χ2n) is 10.3. The van der Waals surface area contributed by atoms with Gasteiger partial charge in [0, 0.05) is 49.9 Å². The number of halogens is 1. The first-order valence-corrected chi connectivity index (χ1v) is 13.1. The van der Waals surface area contributed by atoms with E-state index in [9.17, 15) is 29.4 Å². The van der Waals surface area contributed by atoms with Crippen LogP contribution in [0.15, 0.2) is 50.5 Å². The number of ether oxygens (including phenoxy) is 1. The van der Waals surface area contributed by atoms with Crippen molar-refractivity contribution >= 4 is 39.3 Å². The number of anilines is 1. The van der Waals surface area contributed by atoms with Gasteiger partial charge in [0.15, 0.2) is 17.3 Å². The van der Waals surface area contributed by atoms with Crippen LogP contribution in [0.5, 0.6) is 11.5 Å². The molecule has 2 aromatic carbocycles. The minimum atomic E-state index is -1.37. The highest BCUT2D eigenvalue weighted by Gasteiger charge is 2.32. The molecule has 0 atom stereocenters. The van der Waals surface area contributed by atoms with Crippen LogP contribution in [0.4, 0.5) is 10.1 Å². The fourth-order valence-electron chi connectivity index (χ4n) is 5.44. The monoisotopic (exact) mass is 563 g/mol. The van der Waals surface area contributed by atoms with Gasteiger partial charge in [-0.3, -0.25) is 14.5 Å². The fourth-order valence-corrected chi connectivity index (χ4v) is 5.44. The van der Waals surface area contributed by atoms with Crippen molar-refractivity contribution in [3.05, 3.63) is 74.1 Å². The van der Waals surface area contributed by atoms with Crippen molar-refractivity contribution in [1.82, 2.24) is 9.47 Å². The number of rotatable bonds is 7. The summed E-state index contributed by atoms with van der Waals surface area (Å²) in [5.41, 5.74) is -1.37. The number of pyridine rings is 1. The number of carboxylic acids is 1. The van der Waals surface area contributed by atoms with Gasteiger partial charge in [0.05, 0.1) is 24.6 Å². The molecule has 212 valence electrons. The number of carbonyl (C=O) groups is 2. The number of phenolic OH excluding ortho intramolecular Hbond substituents is 1. The lowest BCUT2D eigenvalue weighted by Gasteiger charge is -2.36. The smallest absolute Gasteiger partial charge is 0.347 e. The standard InChI is InChI=1S/C29H26FN3O8/c1-40-27-24-19(26(36)20(28(37)38)13-33(24)16-3-4-16)12-21(30)25(27)32-8-6-31(7-9-32)14-22(35)18-10-15-2-5-17(34)11-23(15)41-29(18)39/h2,5,10-13,16,34H,3-4,6-9,14H2,1H3,(H,37,38). The van der Waals surface area contributed by atoms with Gasteiger partial charge in [0.1, 0.15) is 28.1 Å².